The standard InChI is InChI=1S/C28H25FN4O2/c29-21-9-5-10-22(16-21)32-17-20(15-26(32)34)28-30-23-11-2-4-13-25(23)33(28)18-27(35)31-14-6-8-19-7-1-3-12-24(19)31/h1-5,7,9-13,16,20H,6,8,14-15,17-18H2. The van der Waals surface area contributed by atoms with Gasteiger partial charge in [-0.25, -0.2) is 9.37 Å². The van der Waals surface area contributed by atoms with Crippen molar-refractivity contribution in [1.29, 1.82) is 0 Å². The number of carbonyl (C=O) groups excluding carboxylic acids is 2. The fourth-order valence-electron chi connectivity index (χ4n) is 5.36. The molecule has 2 aliphatic rings. The highest BCUT2D eigenvalue weighted by Gasteiger charge is 2.35. The van der Waals surface area contributed by atoms with Crippen LogP contribution in [0.25, 0.3) is 11.0 Å². The predicted molar refractivity (Wildman–Crippen MR) is 133 cm³/mol. The predicted octanol–water partition coefficient (Wildman–Crippen LogP) is 4.68. The van der Waals surface area contributed by atoms with Crippen LogP contribution in [-0.4, -0.2) is 34.5 Å². The van der Waals surface area contributed by atoms with E-state index in [-0.39, 0.29) is 36.5 Å². The van der Waals surface area contributed by atoms with Gasteiger partial charge in [0, 0.05) is 36.8 Å². The van der Waals surface area contributed by atoms with Gasteiger partial charge >= 0.3 is 0 Å². The van der Waals surface area contributed by atoms with E-state index in [0.29, 0.717) is 18.8 Å². The topological polar surface area (TPSA) is 58.4 Å². The second-order valence-electron chi connectivity index (χ2n) is 9.21. The molecule has 1 saturated heterocycles. The van der Waals surface area contributed by atoms with Crippen molar-refractivity contribution in [3.8, 4) is 0 Å². The Labute approximate surface area is 202 Å². The van der Waals surface area contributed by atoms with Crippen molar-refractivity contribution >= 4 is 34.2 Å². The van der Waals surface area contributed by atoms with Crippen molar-refractivity contribution in [3.63, 3.8) is 0 Å². The summed E-state index contributed by atoms with van der Waals surface area (Å²) in [4.78, 5) is 34.8. The van der Waals surface area contributed by atoms with Crippen molar-refractivity contribution in [2.24, 2.45) is 0 Å². The van der Waals surface area contributed by atoms with Gasteiger partial charge in [-0.2, -0.15) is 0 Å². The van der Waals surface area contributed by atoms with Crippen LogP contribution in [0.2, 0.25) is 0 Å². The van der Waals surface area contributed by atoms with E-state index in [1.54, 1.807) is 17.0 Å². The third-order valence-electron chi connectivity index (χ3n) is 7.00. The lowest BCUT2D eigenvalue weighted by Crippen LogP contribution is -2.38. The molecule has 35 heavy (non-hydrogen) atoms. The Morgan fingerprint density at radius 3 is 2.74 bits per heavy atom. The number of hydrogen-bond acceptors (Lipinski definition) is 3. The van der Waals surface area contributed by atoms with E-state index in [2.05, 4.69) is 6.07 Å². The Bertz CT molecular complexity index is 1450. The van der Waals surface area contributed by atoms with Crippen LogP contribution in [0.15, 0.2) is 72.8 Å². The van der Waals surface area contributed by atoms with Gasteiger partial charge in [-0.1, -0.05) is 36.4 Å². The number of amides is 2. The third-order valence-corrected chi connectivity index (χ3v) is 7.00. The molecule has 2 amide bonds. The molecular formula is C28H25FN4O2. The summed E-state index contributed by atoms with van der Waals surface area (Å²) in [7, 11) is 0. The highest BCUT2D eigenvalue weighted by Crippen LogP contribution is 2.34. The number of nitrogens with zero attached hydrogens (tertiary/aromatic N) is 4. The maximum absolute atomic E-state index is 13.8. The number of para-hydroxylation sites is 3. The molecule has 4 aromatic rings. The van der Waals surface area contributed by atoms with Crippen LogP contribution < -0.4 is 9.80 Å². The van der Waals surface area contributed by atoms with E-state index in [1.165, 1.54) is 17.7 Å². The molecule has 2 aliphatic heterocycles. The van der Waals surface area contributed by atoms with Crippen LogP contribution in [0.5, 0.6) is 0 Å². The van der Waals surface area contributed by atoms with Crippen LogP contribution in [0, 0.1) is 5.82 Å². The third kappa shape index (κ3) is 3.87. The Hall–Kier alpha value is -4.00. The molecule has 3 heterocycles. The lowest BCUT2D eigenvalue weighted by atomic mass is 10.0. The van der Waals surface area contributed by atoms with E-state index in [1.807, 2.05) is 51.9 Å². The van der Waals surface area contributed by atoms with Gasteiger partial charge in [-0.15, -0.1) is 0 Å². The van der Waals surface area contributed by atoms with Gasteiger partial charge < -0.3 is 14.4 Å². The summed E-state index contributed by atoms with van der Waals surface area (Å²) in [6.07, 6.45) is 2.17. The Morgan fingerprint density at radius 2 is 1.86 bits per heavy atom. The minimum absolute atomic E-state index is 0.00728. The first-order valence-corrected chi connectivity index (χ1v) is 12.0. The van der Waals surface area contributed by atoms with Crippen molar-refractivity contribution in [3.05, 3.63) is 90.0 Å². The van der Waals surface area contributed by atoms with Gasteiger partial charge in [-0.3, -0.25) is 9.59 Å². The van der Waals surface area contributed by atoms with Crippen LogP contribution in [0.4, 0.5) is 15.8 Å². The molecular weight excluding hydrogens is 443 g/mol. The van der Waals surface area contributed by atoms with Crippen molar-refractivity contribution in [2.45, 2.75) is 31.7 Å². The molecule has 0 spiro atoms. The summed E-state index contributed by atoms with van der Waals surface area (Å²) in [5.74, 6) is 0.0819. The molecule has 0 saturated carbocycles. The zero-order valence-electron chi connectivity index (χ0n) is 19.2. The van der Waals surface area contributed by atoms with Gasteiger partial charge in [0.25, 0.3) is 0 Å². The second-order valence-corrected chi connectivity index (χ2v) is 9.21. The van der Waals surface area contributed by atoms with Crippen molar-refractivity contribution in [1.82, 2.24) is 9.55 Å². The lowest BCUT2D eigenvalue weighted by Gasteiger charge is -2.30. The van der Waals surface area contributed by atoms with Gasteiger partial charge in [0.1, 0.15) is 18.2 Å². The highest BCUT2D eigenvalue weighted by atomic mass is 19.1. The van der Waals surface area contributed by atoms with Crippen LogP contribution >= 0.6 is 0 Å². The van der Waals surface area contributed by atoms with E-state index in [4.69, 9.17) is 4.98 Å². The fraction of sp³-hybridized carbons (Fsp3) is 0.250. The molecule has 6 rings (SSSR count). The van der Waals surface area contributed by atoms with Crippen LogP contribution in [0.1, 0.15) is 30.1 Å². The molecule has 7 heteroatoms. The average Bonchev–Trinajstić information content (AvgIpc) is 3.44. The highest BCUT2D eigenvalue weighted by molar-refractivity contribution is 5.97. The van der Waals surface area contributed by atoms with Crippen LogP contribution in [0.3, 0.4) is 0 Å². The molecule has 6 nitrogen and oxygen atoms in total. The normalized spacial score (nSPS) is 17.7. The summed E-state index contributed by atoms with van der Waals surface area (Å²) in [6, 6.07) is 21.9. The zero-order valence-corrected chi connectivity index (χ0v) is 19.2. The first-order valence-electron chi connectivity index (χ1n) is 12.0. The number of rotatable bonds is 4. The Kier molecular flexibility index (Phi) is 5.32. The molecule has 3 aromatic carbocycles. The number of fused-ring (bicyclic) bond motifs is 2. The smallest absolute Gasteiger partial charge is 0.246 e. The quantitative estimate of drug-likeness (QED) is 0.437. The summed E-state index contributed by atoms with van der Waals surface area (Å²) in [5.41, 5.74) is 4.38. The molecule has 1 atom stereocenters. The van der Waals surface area contributed by atoms with E-state index >= 15 is 0 Å². The first-order chi connectivity index (χ1) is 17.1. The second kappa shape index (κ2) is 8.65. The minimum atomic E-state index is -0.376. The van der Waals surface area contributed by atoms with E-state index < -0.39 is 0 Å². The monoisotopic (exact) mass is 468 g/mol. The number of imidazole rings is 1. The largest absolute Gasteiger partial charge is 0.318 e. The summed E-state index contributed by atoms with van der Waals surface area (Å²) >= 11 is 0. The number of carbonyl (C=O) groups is 2. The number of hydrogen-bond donors (Lipinski definition) is 0. The fourth-order valence-corrected chi connectivity index (χ4v) is 5.36. The molecule has 0 N–H and O–H groups in total. The van der Waals surface area contributed by atoms with Crippen molar-refractivity contribution < 1.29 is 14.0 Å². The molecule has 1 fully saturated rings. The van der Waals surface area contributed by atoms with Gasteiger partial charge in [0.15, 0.2) is 0 Å². The molecule has 1 unspecified atom stereocenters. The number of benzene rings is 3. The maximum atomic E-state index is 13.8. The first kappa shape index (κ1) is 21.5. The Balaban J connectivity index is 1.34. The molecule has 0 bridgehead atoms. The van der Waals surface area contributed by atoms with Gasteiger partial charge in [0.2, 0.25) is 11.8 Å². The summed E-state index contributed by atoms with van der Waals surface area (Å²) < 4.78 is 15.8. The van der Waals surface area contributed by atoms with E-state index in [0.717, 1.165) is 35.4 Å². The minimum Gasteiger partial charge on any atom is -0.318 e. The number of aryl methyl sites for hydroxylation is 1. The average molecular weight is 469 g/mol. The van der Waals surface area contributed by atoms with Crippen LogP contribution in [-0.2, 0) is 22.6 Å². The van der Waals surface area contributed by atoms with Crippen molar-refractivity contribution in [2.75, 3.05) is 22.9 Å². The zero-order chi connectivity index (χ0) is 23.9. The number of anilines is 2. The summed E-state index contributed by atoms with van der Waals surface area (Å²) in [5, 5.41) is 0. The van der Waals surface area contributed by atoms with Gasteiger partial charge in [-0.05, 0) is 54.8 Å². The van der Waals surface area contributed by atoms with Gasteiger partial charge in [0.05, 0.1) is 11.0 Å². The molecule has 1 aromatic heterocycles. The SMILES string of the molecule is O=C1CC(c2nc3ccccc3n2CC(=O)N2CCCc3ccccc32)CN1c1cccc(F)c1. The van der Waals surface area contributed by atoms with E-state index in [9.17, 15) is 14.0 Å². The number of halogens is 1. The summed E-state index contributed by atoms with van der Waals surface area (Å²) in [6.45, 7) is 1.23. The molecule has 0 radical (unpaired) electrons. The lowest BCUT2D eigenvalue weighted by molar-refractivity contribution is -0.119. The number of aromatic nitrogens is 2. The maximum Gasteiger partial charge on any atom is 0.246 e. The molecule has 0 aliphatic carbocycles. The molecule has 176 valence electrons. The Morgan fingerprint density at radius 1 is 1.03 bits per heavy atom.